The predicted molar refractivity (Wildman–Crippen MR) is 57.3 cm³/mol. The van der Waals surface area contributed by atoms with Gasteiger partial charge in [-0.3, -0.25) is 0 Å². The van der Waals surface area contributed by atoms with Crippen LogP contribution in [0.15, 0.2) is 0 Å². The average molecular weight is 307 g/mol. The summed E-state index contributed by atoms with van der Waals surface area (Å²) in [6, 6.07) is -0.242. The lowest BCUT2D eigenvalue weighted by Gasteiger charge is -2.24. The number of alkyl carbamates (subject to hydrolysis) is 1. The molecule has 1 aliphatic rings. The molecule has 3 nitrogen and oxygen atoms in total. The molecule has 1 saturated carbocycles. The quantitative estimate of drug-likeness (QED) is 0.806. The van der Waals surface area contributed by atoms with Gasteiger partial charge in [0.1, 0.15) is 0 Å². The second-order valence-corrected chi connectivity index (χ2v) is 4.72. The molecule has 118 valence electrons. The van der Waals surface area contributed by atoms with E-state index in [2.05, 4.69) is 10.1 Å². The van der Waals surface area contributed by atoms with Gasteiger partial charge in [-0.2, -0.15) is 22.0 Å². The molecule has 0 spiro atoms. The first-order chi connectivity index (χ1) is 9.13. The molecule has 9 heteroatoms. The lowest BCUT2D eigenvalue weighted by atomic mass is 9.96. The largest absolute Gasteiger partial charge is 0.443 e. The summed E-state index contributed by atoms with van der Waals surface area (Å²) in [7, 11) is 0. The molecule has 1 unspecified atom stereocenters. The average Bonchev–Trinajstić information content (AvgIpc) is 2.36. The zero-order chi connectivity index (χ0) is 15.4. The Labute approximate surface area is 111 Å². The molecule has 0 aromatic rings. The van der Waals surface area contributed by atoms with E-state index in [0.29, 0.717) is 12.8 Å². The van der Waals surface area contributed by atoms with E-state index in [9.17, 15) is 31.1 Å². The number of ether oxygens (including phenoxy) is 1. The van der Waals surface area contributed by atoms with Crippen LogP contribution < -0.4 is 5.32 Å². The van der Waals surface area contributed by atoms with Crippen molar-refractivity contribution < 1.29 is 35.9 Å². The normalized spacial score (nSPS) is 19.5. The molecule has 0 aromatic carbocycles. The molecule has 0 aromatic heterocycles. The minimum atomic E-state index is -5.70. The monoisotopic (exact) mass is 307 g/mol. The Hall–Kier alpha value is -1.15. The molecule has 20 heavy (non-hydrogen) atoms. The molecule has 1 N–H and O–H groups in total. The Morgan fingerprint density at radius 2 is 1.70 bits per heavy atom. The number of carbonyl (C=O) groups excluding carboxylic acids is 1. The predicted octanol–water partition coefficient (Wildman–Crippen LogP) is 3.58. The van der Waals surface area contributed by atoms with Crippen LogP contribution in [0.2, 0.25) is 0 Å². The van der Waals surface area contributed by atoms with Gasteiger partial charge in [0.15, 0.2) is 6.61 Å². The van der Waals surface area contributed by atoms with Crippen LogP contribution in [-0.2, 0) is 4.74 Å². The second kappa shape index (κ2) is 6.53. The summed E-state index contributed by atoms with van der Waals surface area (Å²) in [4.78, 5) is 11.2. The maximum absolute atomic E-state index is 12.9. The fourth-order valence-corrected chi connectivity index (χ4v) is 1.93. The van der Waals surface area contributed by atoms with Crippen LogP contribution in [0.5, 0.6) is 0 Å². The van der Waals surface area contributed by atoms with Gasteiger partial charge in [-0.1, -0.05) is 19.3 Å². The number of halogens is 6. The second-order valence-electron chi connectivity index (χ2n) is 4.72. The summed E-state index contributed by atoms with van der Waals surface area (Å²) in [5.41, 5.74) is 0. The Balaban J connectivity index is 2.39. The summed E-state index contributed by atoms with van der Waals surface area (Å²) in [6.45, 7) is -1.95. The summed E-state index contributed by atoms with van der Waals surface area (Å²) in [5.74, 6) is -4.80. The van der Waals surface area contributed by atoms with Gasteiger partial charge in [-0.15, -0.1) is 0 Å². The van der Waals surface area contributed by atoms with Crippen LogP contribution in [0.25, 0.3) is 0 Å². The summed E-state index contributed by atoms with van der Waals surface area (Å²) < 4.78 is 77.7. The van der Waals surface area contributed by atoms with Crippen LogP contribution in [0.1, 0.15) is 32.1 Å². The maximum atomic E-state index is 12.9. The lowest BCUT2D eigenvalue weighted by molar-refractivity contribution is -0.251. The standard InChI is InChI=1S/C11H15F6NO2/c12-8(11(15,16)17)10(13,14)6-20-9(19)18-7-4-2-1-3-5-7/h7-8H,1-6H2,(H,18,19). The Morgan fingerprint density at radius 3 is 2.20 bits per heavy atom. The van der Waals surface area contributed by atoms with Crippen molar-refractivity contribution in [3.8, 4) is 0 Å². The molecular formula is C11H15F6NO2. The fraction of sp³-hybridized carbons (Fsp3) is 0.909. The van der Waals surface area contributed by atoms with Crippen molar-refractivity contribution in [3.63, 3.8) is 0 Å². The van der Waals surface area contributed by atoms with E-state index in [0.717, 1.165) is 19.3 Å². The Kier molecular flexibility index (Phi) is 5.52. The van der Waals surface area contributed by atoms with E-state index >= 15 is 0 Å². The maximum Gasteiger partial charge on any atom is 0.425 e. The molecular weight excluding hydrogens is 292 g/mol. The van der Waals surface area contributed by atoms with E-state index < -0.39 is 31.0 Å². The van der Waals surface area contributed by atoms with Crippen LogP contribution in [-0.4, -0.2) is 37.0 Å². The number of rotatable bonds is 4. The first-order valence-electron chi connectivity index (χ1n) is 6.15. The number of alkyl halides is 6. The Bertz CT molecular complexity index is 327. The van der Waals surface area contributed by atoms with E-state index in [1.165, 1.54) is 0 Å². The van der Waals surface area contributed by atoms with Crippen molar-refractivity contribution in [1.29, 1.82) is 0 Å². The topological polar surface area (TPSA) is 38.3 Å². The molecule has 1 atom stereocenters. The number of hydrogen-bond acceptors (Lipinski definition) is 2. The van der Waals surface area contributed by atoms with E-state index in [4.69, 9.17) is 0 Å². The number of carbonyl (C=O) groups is 1. The number of nitrogens with one attached hydrogen (secondary N) is 1. The van der Waals surface area contributed by atoms with Crippen molar-refractivity contribution in [2.45, 2.75) is 56.4 Å². The van der Waals surface area contributed by atoms with E-state index in [-0.39, 0.29) is 6.04 Å². The minimum absolute atomic E-state index is 0.242. The van der Waals surface area contributed by atoms with Crippen LogP contribution in [0, 0.1) is 0 Å². The van der Waals surface area contributed by atoms with Gasteiger partial charge in [0, 0.05) is 6.04 Å². The summed E-state index contributed by atoms with van der Waals surface area (Å²) >= 11 is 0. The minimum Gasteiger partial charge on any atom is -0.443 e. The lowest BCUT2D eigenvalue weighted by Crippen LogP contribution is -2.46. The van der Waals surface area contributed by atoms with E-state index in [1.54, 1.807) is 0 Å². The van der Waals surface area contributed by atoms with Crippen LogP contribution >= 0.6 is 0 Å². The van der Waals surface area contributed by atoms with Crippen molar-refractivity contribution in [2.24, 2.45) is 0 Å². The molecule has 1 amide bonds. The first-order valence-corrected chi connectivity index (χ1v) is 6.15. The number of hydrogen-bond donors (Lipinski definition) is 1. The van der Waals surface area contributed by atoms with Crippen molar-refractivity contribution in [3.05, 3.63) is 0 Å². The third-order valence-corrected chi connectivity index (χ3v) is 2.98. The van der Waals surface area contributed by atoms with Crippen LogP contribution in [0.4, 0.5) is 31.1 Å². The summed E-state index contributed by atoms with van der Waals surface area (Å²) in [5, 5.41) is 2.27. The highest BCUT2D eigenvalue weighted by molar-refractivity contribution is 5.67. The molecule has 0 heterocycles. The third-order valence-electron chi connectivity index (χ3n) is 2.98. The highest BCUT2D eigenvalue weighted by Gasteiger charge is 2.57. The molecule has 1 aliphatic carbocycles. The fourth-order valence-electron chi connectivity index (χ4n) is 1.93. The zero-order valence-corrected chi connectivity index (χ0v) is 10.5. The van der Waals surface area contributed by atoms with Gasteiger partial charge in [-0.25, -0.2) is 9.18 Å². The van der Waals surface area contributed by atoms with Crippen molar-refractivity contribution in [2.75, 3.05) is 6.61 Å². The van der Waals surface area contributed by atoms with Gasteiger partial charge in [0.05, 0.1) is 0 Å². The van der Waals surface area contributed by atoms with Gasteiger partial charge >= 0.3 is 18.2 Å². The SMILES string of the molecule is O=C(NC1CCCCC1)OCC(F)(F)C(F)C(F)(F)F. The van der Waals surface area contributed by atoms with Crippen molar-refractivity contribution >= 4 is 6.09 Å². The molecule has 1 fully saturated rings. The molecule has 1 rings (SSSR count). The van der Waals surface area contributed by atoms with Gasteiger partial charge in [0.2, 0.25) is 0 Å². The molecule has 0 bridgehead atoms. The van der Waals surface area contributed by atoms with E-state index in [1.807, 2.05) is 0 Å². The number of amides is 1. The van der Waals surface area contributed by atoms with Crippen molar-refractivity contribution in [1.82, 2.24) is 5.32 Å². The van der Waals surface area contributed by atoms with Gasteiger partial charge in [0.25, 0.3) is 6.17 Å². The van der Waals surface area contributed by atoms with Gasteiger partial charge in [-0.05, 0) is 12.8 Å². The molecule has 0 aliphatic heterocycles. The highest BCUT2D eigenvalue weighted by Crippen LogP contribution is 2.35. The van der Waals surface area contributed by atoms with Gasteiger partial charge < -0.3 is 10.1 Å². The molecule has 0 radical (unpaired) electrons. The Morgan fingerprint density at radius 1 is 1.15 bits per heavy atom. The molecule has 0 saturated heterocycles. The van der Waals surface area contributed by atoms with Crippen LogP contribution in [0.3, 0.4) is 0 Å². The first kappa shape index (κ1) is 16.9. The smallest absolute Gasteiger partial charge is 0.425 e. The summed E-state index contributed by atoms with van der Waals surface area (Å²) in [6.07, 6.45) is -7.29. The zero-order valence-electron chi connectivity index (χ0n) is 10.5. The third kappa shape index (κ3) is 5.09. The highest BCUT2D eigenvalue weighted by atomic mass is 19.4.